The van der Waals surface area contributed by atoms with Crippen LogP contribution in [0.5, 0.6) is 5.75 Å². The maximum absolute atomic E-state index is 11.6. The van der Waals surface area contributed by atoms with Gasteiger partial charge in [0, 0.05) is 17.5 Å². The van der Waals surface area contributed by atoms with Gasteiger partial charge in [0.2, 0.25) is 5.91 Å². The molecular weight excluding hydrogens is 260 g/mol. The molecule has 4 nitrogen and oxygen atoms in total. The molecule has 1 aromatic heterocycles. The van der Waals surface area contributed by atoms with Crippen LogP contribution < -0.4 is 10.1 Å². The molecule has 0 fully saturated rings. The van der Waals surface area contributed by atoms with Crippen LogP contribution in [0.15, 0.2) is 36.5 Å². The number of nitrogens with zero attached hydrogens (tertiary/aromatic N) is 1. The number of thiazole rings is 1. The van der Waals surface area contributed by atoms with E-state index in [2.05, 4.69) is 10.3 Å². The van der Waals surface area contributed by atoms with E-state index < -0.39 is 0 Å². The molecule has 0 radical (unpaired) electrons. The van der Waals surface area contributed by atoms with Gasteiger partial charge in [-0.25, -0.2) is 4.98 Å². The van der Waals surface area contributed by atoms with Crippen molar-refractivity contribution in [1.29, 1.82) is 0 Å². The van der Waals surface area contributed by atoms with Crippen molar-refractivity contribution in [3.05, 3.63) is 41.4 Å². The first-order valence-electron chi connectivity index (χ1n) is 6.14. The summed E-state index contributed by atoms with van der Waals surface area (Å²) in [5, 5.41) is 3.43. The van der Waals surface area contributed by atoms with Gasteiger partial charge < -0.3 is 10.1 Å². The first-order chi connectivity index (χ1) is 9.24. The number of hydrogen-bond donors (Lipinski definition) is 1. The van der Waals surface area contributed by atoms with Crippen molar-refractivity contribution in [3.63, 3.8) is 0 Å². The molecule has 0 aliphatic rings. The highest BCUT2D eigenvalue weighted by molar-refractivity contribution is 7.15. The van der Waals surface area contributed by atoms with E-state index in [0.29, 0.717) is 24.6 Å². The Balaban J connectivity index is 1.64. The number of amides is 1. The number of rotatable bonds is 6. The predicted octanol–water partition coefficient (Wildman–Crippen LogP) is 3.25. The first kappa shape index (κ1) is 13.5. The lowest BCUT2D eigenvalue weighted by atomic mass is 10.3. The molecule has 0 aliphatic heterocycles. The van der Waals surface area contributed by atoms with Crippen molar-refractivity contribution in [2.24, 2.45) is 0 Å². The van der Waals surface area contributed by atoms with Gasteiger partial charge in [-0.1, -0.05) is 18.2 Å². The molecule has 0 saturated heterocycles. The molecule has 19 heavy (non-hydrogen) atoms. The minimum Gasteiger partial charge on any atom is -0.494 e. The molecule has 0 atom stereocenters. The number of aryl methyl sites for hydroxylation is 1. The molecule has 1 N–H and O–H groups in total. The summed E-state index contributed by atoms with van der Waals surface area (Å²) in [6, 6.07) is 9.59. The molecule has 5 heteroatoms. The Morgan fingerprint density at radius 3 is 2.84 bits per heavy atom. The average Bonchev–Trinajstić information content (AvgIpc) is 2.81. The number of carbonyl (C=O) groups excluding carboxylic acids is 1. The summed E-state index contributed by atoms with van der Waals surface area (Å²) in [6.45, 7) is 2.50. The molecule has 1 heterocycles. The molecule has 2 rings (SSSR count). The number of anilines is 1. The fourth-order valence-corrected chi connectivity index (χ4v) is 2.21. The summed E-state index contributed by atoms with van der Waals surface area (Å²) in [5.74, 6) is 0.810. The van der Waals surface area contributed by atoms with Crippen LogP contribution in [0.4, 0.5) is 5.13 Å². The Bertz CT molecular complexity index is 525. The van der Waals surface area contributed by atoms with Crippen LogP contribution in [0.2, 0.25) is 0 Å². The minimum absolute atomic E-state index is 0.0222. The first-order valence-corrected chi connectivity index (χ1v) is 6.96. The molecule has 100 valence electrons. The van der Waals surface area contributed by atoms with Crippen LogP contribution in [0.3, 0.4) is 0 Å². The molecule has 1 aromatic carbocycles. The number of para-hydroxylation sites is 1. The van der Waals surface area contributed by atoms with Crippen LogP contribution >= 0.6 is 11.3 Å². The predicted molar refractivity (Wildman–Crippen MR) is 76.7 cm³/mol. The van der Waals surface area contributed by atoms with E-state index in [9.17, 15) is 4.79 Å². The topological polar surface area (TPSA) is 51.2 Å². The molecule has 0 bridgehead atoms. The van der Waals surface area contributed by atoms with E-state index in [-0.39, 0.29) is 5.91 Å². The van der Waals surface area contributed by atoms with Crippen molar-refractivity contribution in [1.82, 2.24) is 4.98 Å². The van der Waals surface area contributed by atoms with Gasteiger partial charge in [0.25, 0.3) is 0 Å². The second-order valence-corrected chi connectivity index (χ2v) is 5.32. The van der Waals surface area contributed by atoms with Gasteiger partial charge in [0.15, 0.2) is 5.13 Å². The molecule has 0 saturated carbocycles. The van der Waals surface area contributed by atoms with Crippen LogP contribution in [0, 0.1) is 6.92 Å². The zero-order valence-electron chi connectivity index (χ0n) is 10.8. The summed E-state index contributed by atoms with van der Waals surface area (Å²) in [6.07, 6.45) is 2.87. The smallest absolute Gasteiger partial charge is 0.226 e. The fourth-order valence-electron chi connectivity index (χ4n) is 1.53. The molecule has 0 aliphatic carbocycles. The van der Waals surface area contributed by atoms with E-state index in [1.807, 2.05) is 37.3 Å². The molecular formula is C14H16N2O2S. The van der Waals surface area contributed by atoms with E-state index in [4.69, 9.17) is 4.74 Å². The Morgan fingerprint density at radius 2 is 2.16 bits per heavy atom. The maximum atomic E-state index is 11.6. The van der Waals surface area contributed by atoms with Gasteiger partial charge >= 0.3 is 0 Å². The molecule has 2 aromatic rings. The second kappa shape index (κ2) is 6.89. The summed E-state index contributed by atoms with van der Waals surface area (Å²) < 4.78 is 5.52. The zero-order valence-corrected chi connectivity index (χ0v) is 11.6. The highest BCUT2D eigenvalue weighted by atomic mass is 32.1. The number of benzene rings is 1. The molecule has 1 amide bonds. The van der Waals surface area contributed by atoms with Gasteiger partial charge in [-0.05, 0) is 25.5 Å². The molecule has 0 spiro atoms. The van der Waals surface area contributed by atoms with E-state index >= 15 is 0 Å². The highest BCUT2D eigenvalue weighted by Crippen LogP contribution is 2.16. The van der Waals surface area contributed by atoms with Crippen LogP contribution in [-0.4, -0.2) is 17.5 Å². The quantitative estimate of drug-likeness (QED) is 0.824. The lowest BCUT2D eigenvalue weighted by Gasteiger charge is -2.05. The lowest BCUT2D eigenvalue weighted by molar-refractivity contribution is -0.116. The lowest BCUT2D eigenvalue weighted by Crippen LogP contribution is -2.12. The Kier molecular flexibility index (Phi) is 4.92. The standard InChI is InChI=1S/C14H16N2O2S/c1-11-10-15-14(19-11)16-13(17)8-5-9-18-12-6-3-2-4-7-12/h2-4,6-7,10H,5,8-9H2,1H3,(H,15,16,17). The van der Waals surface area contributed by atoms with Gasteiger partial charge in [-0.2, -0.15) is 0 Å². The third-order valence-electron chi connectivity index (χ3n) is 2.43. The van der Waals surface area contributed by atoms with Crippen LogP contribution in [-0.2, 0) is 4.79 Å². The number of hydrogen-bond acceptors (Lipinski definition) is 4. The fraction of sp³-hybridized carbons (Fsp3) is 0.286. The van der Waals surface area contributed by atoms with Gasteiger partial charge in [-0.15, -0.1) is 11.3 Å². The second-order valence-electron chi connectivity index (χ2n) is 4.09. The number of carbonyl (C=O) groups is 1. The third-order valence-corrected chi connectivity index (χ3v) is 3.26. The van der Waals surface area contributed by atoms with Crippen molar-refractivity contribution >= 4 is 22.4 Å². The van der Waals surface area contributed by atoms with Gasteiger partial charge in [0.05, 0.1) is 6.61 Å². The Labute approximate surface area is 116 Å². The maximum Gasteiger partial charge on any atom is 0.226 e. The Hall–Kier alpha value is -1.88. The summed E-state index contributed by atoms with van der Waals surface area (Å²) in [4.78, 5) is 16.8. The van der Waals surface area contributed by atoms with E-state index in [1.54, 1.807) is 6.20 Å². The van der Waals surface area contributed by atoms with Gasteiger partial charge in [-0.3, -0.25) is 4.79 Å². The van der Waals surface area contributed by atoms with E-state index in [0.717, 1.165) is 10.6 Å². The normalized spacial score (nSPS) is 10.2. The molecule has 0 unspecified atom stereocenters. The summed E-state index contributed by atoms with van der Waals surface area (Å²) in [5.41, 5.74) is 0. The largest absolute Gasteiger partial charge is 0.494 e. The van der Waals surface area contributed by atoms with Crippen LogP contribution in [0.25, 0.3) is 0 Å². The van der Waals surface area contributed by atoms with Crippen molar-refractivity contribution in [3.8, 4) is 5.75 Å². The average molecular weight is 276 g/mol. The van der Waals surface area contributed by atoms with Crippen molar-refractivity contribution < 1.29 is 9.53 Å². The SMILES string of the molecule is Cc1cnc(NC(=O)CCCOc2ccccc2)s1. The highest BCUT2D eigenvalue weighted by Gasteiger charge is 2.05. The third kappa shape index (κ3) is 4.71. The number of ether oxygens (including phenoxy) is 1. The van der Waals surface area contributed by atoms with E-state index in [1.165, 1.54) is 11.3 Å². The van der Waals surface area contributed by atoms with Crippen LogP contribution in [0.1, 0.15) is 17.7 Å². The minimum atomic E-state index is -0.0222. The monoisotopic (exact) mass is 276 g/mol. The van der Waals surface area contributed by atoms with Crippen molar-refractivity contribution in [2.45, 2.75) is 19.8 Å². The number of aromatic nitrogens is 1. The van der Waals surface area contributed by atoms with Gasteiger partial charge in [0.1, 0.15) is 5.75 Å². The zero-order chi connectivity index (χ0) is 13.5. The number of nitrogens with one attached hydrogen (secondary N) is 1. The van der Waals surface area contributed by atoms with Crippen molar-refractivity contribution in [2.75, 3.05) is 11.9 Å². The summed E-state index contributed by atoms with van der Waals surface area (Å²) in [7, 11) is 0. The summed E-state index contributed by atoms with van der Waals surface area (Å²) >= 11 is 1.48. The Morgan fingerprint density at radius 1 is 1.37 bits per heavy atom.